The Hall–Kier alpha value is -3.07. The van der Waals surface area contributed by atoms with Crippen LogP contribution in [0.25, 0.3) is 0 Å². The number of nitrogens with zero attached hydrogens (tertiary/aromatic N) is 3. The number of nitrogens with one attached hydrogen (secondary N) is 1. The number of benzene rings is 1. The lowest BCUT2D eigenvalue weighted by molar-refractivity contribution is -0.126. The molecule has 1 fully saturated rings. The van der Waals surface area contributed by atoms with Crippen molar-refractivity contribution in [1.29, 1.82) is 0 Å². The second kappa shape index (κ2) is 8.12. The molecule has 0 unspecified atom stereocenters. The normalized spacial score (nSPS) is 14.4. The van der Waals surface area contributed by atoms with Crippen LogP contribution >= 0.6 is 11.5 Å². The largest absolute Gasteiger partial charge is 0.464 e. The quantitative estimate of drug-likeness (QED) is 0.641. The Morgan fingerprint density at radius 2 is 2.03 bits per heavy atom. The number of rotatable bonds is 7. The van der Waals surface area contributed by atoms with Gasteiger partial charge in [-0.15, -0.1) is 5.10 Å². The van der Waals surface area contributed by atoms with Gasteiger partial charge in [0.05, 0.1) is 0 Å². The lowest BCUT2D eigenvalue weighted by Gasteiger charge is -2.29. The molecule has 1 N–H and O–H groups in total. The van der Waals surface area contributed by atoms with E-state index in [2.05, 4.69) is 14.9 Å². The molecule has 1 atom stereocenters. The zero-order chi connectivity index (χ0) is 20.4. The predicted molar refractivity (Wildman–Crippen MR) is 104 cm³/mol. The maximum absolute atomic E-state index is 13.2. The van der Waals surface area contributed by atoms with E-state index in [0.717, 1.165) is 29.9 Å². The first kappa shape index (κ1) is 19.3. The first-order chi connectivity index (χ1) is 14.0. The second-order valence-electron chi connectivity index (χ2n) is 6.93. The van der Waals surface area contributed by atoms with Crippen molar-refractivity contribution in [2.24, 2.45) is 0 Å². The lowest BCUT2D eigenvalue weighted by Crippen LogP contribution is -2.44. The van der Waals surface area contributed by atoms with Gasteiger partial charge in [0.25, 0.3) is 11.8 Å². The summed E-state index contributed by atoms with van der Waals surface area (Å²) in [5.41, 5.74) is 0.962. The molecule has 3 aromatic rings. The summed E-state index contributed by atoms with van der Waals surface area (Å²) >= 11 is 1.08. The molecule has 150 valence electrons. The molecule has 0 aliphatic heterocycles. The summed E-state index contributed by atoms with van der Waals surface area (Å²) in [4.78, 5) is 27.8. The maximum Gasteiger partial charge on any atom is 0.276 e. The van der Waals surface area contributed by atoms with E-state index in [1.54, 1.807) is 36.6 Å². The minimum absolute atomic E-state index is 0.0591. The number of halogens is 1. The van der Waals surface area contributed by atoms with Crippen LogP contribution in [0.5, 0.6) is 0 Å². The van der Waals surface area contributed by atoms with Crippen LogP contribution in [0.15, 0.2) is 46.2 Å². The van der Waals surface area contributed by atoms with E-state index >= 15 is 0 Å². The molecule has 29 heavy (non-hydrogen) atoms. The number of hydrogen-bond donors (Lipinski definition) is 1. The fraction of sp³-hybridized carbons (Fsp3) is 0.300. The van der Waals surface area contributed by atoms with Gasteiger partial charge in [-0.2, -0.15) is 0 Å². The highest BCUT2D eigenvalue weighted by Crippen LogP contribution is 2.36. The number of hydrogen-bond acceptors (Lipinski definition) is 6. The summed E-state index contributed by atoms with van der Waals surface area (Å²) in [7, 11) is 0. The number of furan rings is 1. The van der Waals surface area contributed by atoms with Crippen LogP contribution in [0.2, 0.25) is 0 Å². The second-order valence-corrected chi connectivity index (χ2v) is 7.54. The predicted octanol–water partition coefficient (Wildman–Crippen LogP) is 3.24. The highest BCUT2D eigenvalue weighted by atomic mass is 32.1. The van der Waals surface area contributed by atoms with Crippen molar-refractivity contribution in [3.05, 3.63) is 70.4 Å². The van der Waals surface area contributed by atoms with Gasteiger partial charge in [0, 0.05) is 18.0 Å². The molecule has 2 amide bonds. The van der Waals surface area contributed by atoms with Crippen LogP contribution in [-0.2, 0) is 11.3 Å². The topological polar surface area (TPSA) is 88.3 Å². The number of aryl methyl sites for hydroxylation is 1. The van der Waals surface area contributed by atoms with Crippen LogP contribution in [0, 0.1) is 12.7 Å². The van der Waals surface area contributed by atoms with E-state index in [0.29, 0.717) is 11.5 Å². The van der Waals surface area contributed by atoms with E-state index < -0.39 is 6.04 Å². The molecule has 1 aromatic carbocycles. The van der Waals surface area contributed by atoms with Crippen LogP contribution in [-0.4, -0.2) is 32.3 Å². The van der Waals surface area contributed by atoms with E-state index in [1.807, 2.05) is 0 Å². The molecule has 2 heterocycles. The Balaban J connectivity index is 1.60. The van der Waals surface area contributed by atoms with Crippen molar-refractivity contribution >= 4 is 23.3 Å². The smallest absolute Gasteiger partial charge is 0.276 e. The van der Waals surface area contributed by atoms with Crippen molar-refractivity contribution in [2.75, 3.05) is 0 Å². The molecule has 7 nitrogen and oxygen atoms in total. The minimum Gasteiger partial charge on any atom is -0.464 e. The van der Waals surface area contributed by atoms with Crippen molar-refractivity contribution in [1.82, 2.24) is 19.8 Å². The van der Waals surface area contributed by atoms with E-state index in [9.17, 15) is 14.0 Å². The average molecular weight is 414 g/mol. The highest BCUT2D eigenvalue weighted by Gasteiger charge is 2.43. The Morgan fingerprint density at radius 3 is 2.62 bits per heavy atom. The molecular formula is C20H19FN4O3S. The molecule has 0 radical (unpaired) electrons. The maximum atomic E-state index is 13.2. The highest BCUT2D eigenvalue weighted by molar-refractivity contribution is 7.03. The lowest BCUT2D eigenvalue weighted by atomic mass is 10.1. The Labute approximate surface area is 170 Å². The van der Waals surface area contributed by atoms with Crippen molar-refractivity contribution in [3.8, 4) is 0 Å². The SMILES string of the molecule is Cc1ccc([C@H](C(=O)NCc2ccc(F)cc2)N(C(=O)c2csnn2)C2CC2)o1. The molecule has 0 bridgehead atoms. The third-order valence-corrected chi connectivity index (χ3v) is 5.20. The molecule has 0 spiro atoms. The fourth-order valence-electron chi connectivity index (χ4n) is 3.12. The van der Waals surface area contributed by atoms with Gasteiger partial charge in [0.15, 0.2) is 11.7 Å². The van der Waals surface area contributed by atoms with Gasteiger partial charge < -0.3 is 14.6 Å². The number of carbonyl (C=O) groups excluding carboxylic acids is 2. The van der Waals surface area contributed by atoms with Gasteiger partial charge in [0.2, 0.25) is 0 Å². The third kappa shape index (κ3) is 4.34. The molecular weight excluding hydrogens is 395 g/mol. The fourth-order valence-corrected chi connectivity index (χ4v) is 3.55. The summed E-state index contributed by atoms with van der Waals surface area (Å²) in [6.45, 7) is 1.99. The zero-order valence-electron chi connectivity index (χ0n) is 15.7. The standard InChI is InChI=1S/C20H19FN4O3S/c1-12-2-9-17(28-12)18(19(26)22-10-13-3-5-14(21)6-4-13)25(15-7-8-15)20(27)16-11-29-24-23-16/h2-6,9,11,15,18H,7-8,10H2,1H3,(H,22,26)/t18-/m1/s1. The zero-order valence-corrected chi connectivity index (χ0v) is 16.5. The summed E-state index contributed by atoms with van der Waals surface area (Å²) in [6, 6.07) is 8.37. The van der Waals surface area contributed by atoms with Crippen molar-refractivity contribution in [3.63, 3.8) is 0 Å². The molecule has 1 aliphatic carbocycles. The third-order valence-electron chi connectivity index (χ3n) is 4.69. The summed E-state index contributed by atoms with van der Waals surface area (Å²) in [5.74, 6) is -0.0202. The van der Waals surface area contributed by atoms with E-state index in [1.165, 1.54) is 17.0 Å². The van der Waals surface area contributed by atoms with Gasteiger partial charge in [-0.1, -0.05) is 16.6 Å². The first-order valence-electron chi connectivity index (χ1n) is 9.21. The molecule has 1 aliphatic rings. The van der Waals surface area contributed by atoms with Gasteiger partial charge in [0.1, 0.15) is 17.3 Å². The number of aromatic nitrogens is 2. The van der Waals surface area contributed by atoms with Gasteiger partial charge in [-0.05, 0) is 61.1 Å². The number of carbonyl (C=O) groups is 2. The van der Waals surface area contributed by atoms with E-state index in [-0.39, 0.29) is 35.9 Å². The van der Waals surface area contributed by atoms with Crippen LogP contribution < -0.4 is 5.32 Å². The summed E-state index contributed by atoms with van der Waals surface area (Å²) in [6.07, 6.45) is 1.62. The van der Waals surface area contributed by atoms with Crippen molar-refractivity contribution < 1.29 is 18.4 Å². The van der Waals surface area contributed by atoms with Crippen LogP contribution in [0.3, 0.4) is 0 Å². The molecule has 4 rings (SSSR count). The minimum atomic E-state index is -0.925. The monoisotopic (exact) mass is 414 g/mol. The molecule has 9 heteroatoms. The van der Waals surface area contributed by atoms with Gasteiger partial charge in [-0.25, -0.2) is 4.39 Å². The van der Waals surface area contributed by atoms with Crippen molar-refractivity contribution in [2.45, 2.75) is 38.4 Å². The molecule has 2 aromatic heterocycles. The van der Waals surface area contributed by atoms with Crippen LogP contribution in [0.4, 0.5) is 4.39 Å². The Bertz CT molecular complexity index is 999. The number of amides is 2. The summed E-state index contributed by atoms with van der Waals surface area (Å²) < 4.78 is 22.6. The van der Waals surface area contributed by atoms with Gasteiger partial charge >= 0.3 is 0 Å². The first-order valence-corrected chi connectivity index (χ1v) is 10.0. The molecule has 0 saturated heterocycles. The van der Waals surface area contributed by atoms with Crippen LogP contribution in [0.1, 0.15) is 46.5 Å². The average Bonchev–Trinajstić information content (AvgIpc) is 3.21. The Kier molecular flexibility index (Phi) is 5.39. The van der Waals surface area contributed by atoms with Gasteiger partial charge in [-0.3, -0.25) is 9.59 Å². The summed E-state index contributed by atoms with van der Waals surface area (Å²) in [5, 5.41) is 8.28. The van der Waals surface area contributed by atoms with E-state index in [4.69, 9.17) is 4.42 Å². The Morgan fingerprint density at radius 1 is 1.28 bits per heavy atom. The molecule has 1 saturated carbocycles.